The van der Waals surface area contributed by atoms with Gasteiger partial charge in [0.25, 0.3) is 11.8 Å². The molecule has 0 bridgehead atoms. The first-order chi connectivity index (χ1) is 13.1. The summed E-state index contributed by atoms with van der Waals surface area (Å²) in [6.45, 7) is 0. The molecule has 27 heavy (non-hydrogen) atoms. The molecule has 1 aliphatic heterocycles. The summed E-state index contributed by atoms with van der Waals surface area (Å²) in [6, 6.07) is 16.0. The van der Waals surface area contributed by atoms with Gasteiger partial charge in [-0.15, -0.1) is 0 Å². The largest absolute Gasteiger partial charge is 0.275 e. The van der Waals surface area contributed by atoms with E-state index < -0.39 is 0 Å². The highest BCUT2D eigenvalue weighted by Crippen LogP contribution is 2.36. The third-order valence-electron chi connectivity index (χ3n) is 4.58. The number of nitrogens with one attached hydrogen (secondary N) is 1. The summed E-state index contributed by atoms with van der Waals surface area (Å²) in [5.74, 6) is -0.774. The summed E-state index contributed by atoms with van der Waals surface area (Å²) in [4.78, 5) is 31.5. The van der Waals surface area contributed by atoms with Gasteiger partial charge in [-0.25, -0.2) is 9.88 Å². The number of para-hydroxylation sites is 1. The molecule has 0 spiro atoms. The summed E-state index contributed by atoms with van der Waals surface area (Å²) in [7, 11) is 0. The number of pyridine rings is 1. The van der Waals surface area contributed by atoms with E-state index in [2.05, 4.69) is 15.2 Å². The van der Waals surface area contributed by atoms with E-state index in [-0.39, 0.29) is 17.4 Å². The average molecular weight is 375 g/mol. The van der Waals surface area contributed by atoms with E-state index in [0.29, 0.717) is 33.0 Å². The van der Waals surface area contributed by atoms with Crippen LogP contribution in [0, 0.1) is 0 Å². The predicted octanol–water partition coefficient (Wildman–Crippen LogP) is 4.08. The fraction of sp³-hybridized carbons (Fsp3) is 0. The summed E-state index contributed by atoms with van der Waals surface area (Å²) in [6.07, 6.45) is 1.41. The molecule has 0 saturated carbocycles. The van der Waals surface area contributed by atoms with Gasteiger partial charge in [-0.05, 0) is 24.3 Å². The third kappa shape index (κ3) is 2.27. The Kier molecular flexibility index (Phi) is 3.35. The number of rotatable bonds is 2. The number of nitrogens with zero attached hydrogens (tertiary/aromatic N) is 3. The Morgan fingerprint density at radius 3 is 2.41 bits per heavy atom. The number of aromatic nitrogens is 3. The molecule has 4 aromatic rings. The molecule has 0 radical (unpaired) electrons. The zero-order valence-corrected chi connectivity index (χ0v) is 14.6. The SMILES string of the molecule is O=C1c2cnc3n[nH]c(-c4ccc(Cl)cc4)c3c2C(=O)N1c1ccccc1. The first-order valence-electron chi connectivity index (χ1n) is 8.22. The maximum Gasteiger partial charge on any atom is 0.267 e. The molecular formula is C20H11ClN4O2. The minimum atomic E-state index is -0.390. The molecule has 3 heterocycles. The molecule has 2 amide bonds. The summed E-state index contributed by atoms with van der Waals surface area (Å²) < 4.78 is 0. The number of hydrogen-bond donors (Lipinski definition) is 1. The number of H-pyrrole nitrogens is 1. The minimum absolute atomic E-state index is 0.271. The molecule has 2 aromatic carbocycles. The van der Waals surface area contributed by atoms with Crippen molar-refractivity contribution in [1.29, 1.82) is 0 Å². The van der Waals surface area contributed by atoms with E-state index in [1.54, 1.807) is 36.4 Å². The number of hydrogen-bond acceptors (Lipinski definition) is 4. The number of carbonyl (C=O) groups is 2. The van der Waals surface area contributed by atoms with Gasteiger partial charge in [-0.3, -0.25) is 14.7 Å². The van der Waals surface area contributed by atoms with Crippen LogP contribution in [0.1, 0.15) is 20.7 Å². The topological polar surface area (TPSA) is 79.0 Å². The fourth-order valence-corrected chi connectivity index (χ4v) is 3.46. The normalized spacial score (nSPS) is 13.4. The highest BCUT2D eigenvalue weighted by molar-refractivity contribution is 6.38. The van der Waals surface area contributed by atoms with Gasteiger partial charge in [0.2, 0.25) is 0 Å². The quantitative estimate of drug-likeness (QED) is 0.536. The first-order valence-corrected chi connectivity index (χ1v) is 8.60. The van der Waals surface area contributed by atoms with E-state index in [1.807, 2.05) is 18.2 Å². The van der Waals surface area contributed by atoms with Crippen molar-refractivity contribution >= 4 is 40.1 Å². The van der Waals surface area contributed by atoms with Crippen LogP contribution in [0.25, 0.3) is 22.3 Å². The van der Waals surface area contributed by atoms with Crippen LogP contribution >= 0.6 is 11.6 Å². The highest BCUT2D eigenvalue weighted by atomic mass is 35.5. The fourth-order valence-electron chi connectivity index (χ4n) is 3.33. The first kappa shape index (κ1) is 15.7. The molecule has 1 N–H and O–H groups in total. The van der Waals surface area contributed by atoms with Gasteiger partial charge in [0.15, 0.2) is 5.65 Å². The average Bonchev–Trinajstić information content (AvgIpc) is 3.22. The molecule has 1 aliphatic rings. The van der Waals surface area contributed by atoms with Crippen LogP contribution in [0.3, 0.4) is 0 Å². The third-order valence-corrected chi connectivity index (χ3v) is 4.83. The van der Waals surface area contributed by atoms with Gasteiger partial charge in [0.05, 0.1) is 27.9 Å². The van der Waals surface area contributed by atoms with Crippen LogP contribution in [0.15, 0.2) is 60.8 Å². The minimum Gasteiger partial charge on any atom is -0.275 e. The Balaban J connectivity index is 1.75. The Hall–Kier alpha value is -3.51. The standard InChI is InChI=1S/C20H11ClN4O2/c21-12-8-6-11(7-9-12)17-16-15-14(10-22-18(16)24-23-17)19(26)25(20(15)27)13-4-2-1-3-5-13/h1-10H,(H,22,23,24). The van der Waals surface area contributed by atoms with E-state index in [4.69, 9.17) is 11.6 Å². The second kappa shape index (κ2) is 5.75. The number of carbonyl (C=O) groups excluding carboxylic acids is 2. The van der Waals surface area contributed by atoms with Crippen molar-refractivity contribution in [2.45, 2.75) is 0 Å². The van der Waals surface area contributed by atoms with Crippen molar-refractivity contribution in [1.82, 2.24) is 15.2 Å². The van der Waals surface area contributed by atoms with Crippen LogP contribution in [0.4, 0.5) is 5.69 Å². The predicted molar refractivity (Wildman–Crippen MR) is 102 cm³/mol. The van der Waals surface area contributed by atoms with Gasteiger partial charge in [-0.2, -0.15) is 5.10 Å². The number of benzene rings is 2. The van der Waals surface area contributed by atoms with Crippen LogP contribution in [-0.4, -0.2) is 27.0 Å². The Morgan fingerprint density at radius 1 is 0.926 bits per heavy atom. The lowest BCUT2D eigenvalue weighted by molar-refractivity contribution is 0.0926. The lowest BCUT2D eigenvalue weighted by Crippen LogP contribution is -2.29. The molecule has 0 fully saturated rings. The van der Waals surface area contributed by atoms with Crippen LogP contribution in [0.5, 0.6) is 0 Å². The zero-order valence-electron chi connectivity index (χ0n) is 13.8. The molecule has 0 atom stereocenters. The number of imide groups is 1. The molecular weight excluding hydrogens is 364 g/mol. The van der Waals surface area contributed by atoms with E-state index in [9.17, 15) is 9.59 Å². The monoisotopic (exact) mass is 374 g/mol. The van der Waals surface area contributed by atoms with E-state index in [0.717, 1.165) is 5.56 Å². The molecule has 7 heteroatoms. The number of aromatic amines is 1. The molecule has 0 aliphatic carbocycles. The van der Waals surface area contributed by atoms with Crippen LogP contribution in [0.2, 0.25) is 5.02 Å². The second-order valence-corrected chi connectivity index (χ2v) is 6.57. The Bertz CT molecular complexity index is 1220. The number of amides is 2. The van der Waals surface area contributed by atoms with Crippen molar-refractivity contribution in [2.24, 2.45) is 0 Å². The molecule has 6 nitrogen and oxygen atoms in total. The Morgan fingerprint density at radius 2 is 1.67 bits per heavy atom. The van der Waals surface area contributed by atoms with Crippen molar-refractivity contribution < 1.29 is 9.59 Å². The van der Waals surface area contributed by atoms with Crippen molar-refractivity contribution in [2.75, 3.05) is 4.90 Å². The van der Waals surface area contributed by atoms with Crippen molar-refractivity contribution in [3.63, 3.8) is 0 Å². The second-order valence-electron chi connectivity index (χ2n) is 6.13. The lowest BCUT2D eigenvalue weighted by atomic mass is 10.0. The van der Waals surface area contributed by atoms with Crippen molar-refractivity contribution in [3.05, 3.63) is 76.9 Å². The smallest absolute Gasteiger partial charge is 0.267 e. The van der Waals surface area contributed by atoms with Gasteiger partial charge < -0.3 is 0 Å². The van der Waals surface area contributed by atoms with Gasteiger partial charge >= 0.3 is 0 Å². The molecule has 5 rings (SSSR count). The number of halogens is 1. The lowest BCUT2D eigenvalue weighted by Gasteiger charge is -2.13. The van der Waals surface area contributed by atoms with Gasteiger partial charge in [0.1, 0.15) is 0 Å². The zero-order chi connectivity index (χ0) is 18.5. The van der Waals surface area contributed by atoms with Crippen molar-refractivity contribution in [3.8, 4) is 11.3 Å². The Labute approximate surface area is 158 Å². The van der Waals surface area contributed by atoms with Crippen LogP contribution in [-0.2, 0) is 0 Å². The summed E-state index contributed by atoms with van der Waals surface area (Å²) in [5, 5.41) is 8.27. The number of anilines is 1. The van der Waals surface area contributed by atoms with E-state index in [1.165, 1.54) is 11.1 Å². The molecule has 2 aromatic heterocycles. The maximum atomic E-state index is 13.2. The molecule has 0 saturated heterocycles. The molecule has 0 unspecified atom stereocenters. The maximum absolute atomic E-state index is 13.2. The van der Waals surface area contributed by atoms with Gasteiger partial charge in [-0.1, -0.05) is 41.9 Å². The number of fused-ring (bicyclic) bond motifs is 3. The molecule has 130 valence electrons. The summed E-state index contributed by atoms with van der Waals surface area (Å²) >= 11 is 5.97. The highest BCUT2D eigenvalue weighted by Gasteiger charge is 2.39. The van der Waals surface area contributed by atoms with Gasteiger partial charge in [0, 0.05) is 16.8 Å². The van der Waals surface area contributed by atoms with E-state index >= 15 is 0 Å². The summed E-state index contributed by atoms with van der Waals surface area (Å²) in [5.41, 5.74) is 2.92. The van der Waals surface area contributed by atoms with Crippen LogP contribution < -0.4 is 4.90 Å².